The van der Waals surface area contributed by atoms with E-state index in [2.05, 4.69) is 10.3 Å². The van der Waals surface area contributed by atoms with Gasteiger partial charge in [0.05, 0.1) is 16.5 Å². The lowest BCUT2D eigenvalue weighted by Gasteiger charge is -2.14. The minimum absolute atomic E-state index is 0.0656. The van der Waals surface area contributed by atoms with E-state index in [1.807, 2.05) is 0 Å². The molecule has 0 saturated heterocycles. The van der Waals surface area contributed by atoms with E-state index < -0.39 is 4.92 Å². The van der Waals surface area contributed by atoms with Crippen molar-refractivity contribution in [2.24, 2.45) is 0 Å². The van der Waals surface area contributed by atoms with Gasteiger partial charge >= 0.3 is 5.69 Å². The monoisotopic (exact) mass is 286 g/mol. The minimum Gasteiger partial charge on any atom is -0.358 e. The lowest BCUT2D eigenvalue weighted by molar-refractivity contribution is -0.384. The fraction of sp³-hybridized carbons (Fsp3) is 0.143. The van der Waals surface area contributed by atoms with Crippen LogP contribution in [0.2, 0.25) is 0 Å². The zero-order valence-corrected chi connectivity index (χ0v) is 11.1. The Balaban J connectivity index is 2.28. The van der Waals surface area contributed by atoms with E-state index in [0.29, 0.717) is 0 Å². The summed E-state index contributed by atoms with van der Waals surface area (Å²) in [6.07, 6.45) is 1.26. The van der Waals surface area contributed by atoms with E-state index in [4.69, 9.17) is 5.26 Å². The summed E-state index contributed by atoms with van der Waals surface area (Å²) in [5, 5.41) is 22.7. The van der Waals surface area contributed by atoms with Crippen molar-refractivity contribution in [3.05, 3.63) is 63.6 Å². The third-order valence-corrected chi connectivity index (χ3v) is 2.92. The number of halogens is 1. The third-order valence-electron chi connectivity index (χ3n) is 2.92. The van der Waals surface area contributed by atoms with E-state index in [1.165, 1.54) is 18.3 Å². The number of benzene rings is 1. The first-order chi connectivity index (χ1) is 10.0. The number of nitriles is 1. The third kappa shape index (κ3) is 3.30. The van der Waals surface area contributed by atoms with Crippen LogP contribution < -0.4 is 5.32 Å². The highest BCUT2D eigenvalue weighted by Gasteiger charge is 2.18. The standard InChI is InChI=1S/C14H11FN4O2/c1-9(11-2-4-12(15)5-3-11)18-14-13(19(20)21)6-10(7-16)8-17-14/h2-6,8-9H,1H3,(H,17,18). The van der Waals surface area contributed by atoms with Gasteiger partial charge in [-0.25, -0.2) is 9.37 Å². The zero-order chi connectivity index (χ0) is 15.4. The highest BCUT2D eigenvalue weighted by Crippen LogP contribution is 2.26. The molecular weight excluding hydrogens is 275 g/mol. The Hall–Kier alpha value is -3.01. The predicted octanol–water partition coefficient (Wildman–Crippen LogP) is 3.17. The lowest BCUT2D eigenvalue weighted by atomic mass is 10.1. The van der Waals surface area contributed by atoms with Crippen LogP contribution in [0, 0.1) is 27.3 Å². The maximum Gasteiger partial charge on any atom is 0.312 e. The second kappa shape index (κ2) is 5.96. The van der Waals surface area contributed by atoms with Gasteiger partial charge in [0.25, 0.3) is 0 Å². The van der Waals surface area contributed by atoms with Gasteiger partial charge in [-0.05, 0) is 24.6 Å². The summed E-state index contributed by atoms with van der Waals surface area (Å²) in [5.74, 6) is -0.288. The van der Waals surface area contributed by atoms with Crippen LogP contribution in [-0.2, 0) is 0 Å². The first-order valence-corrected chi connectivity index (χ1v) is 6.08. The van der Waals surface area contributed by atoms with Crippen molar-refractivity contribution in [1.29, 1.82) is 5.26 Å². The average Bonchev–Trinajstić information content (AvgIpc) is 2.48. The molecule has 0 aliphatic heterocycles. The molecule has 6 nitrogen and oxygen atoms in total. The van der Waals surface area contributed by atoms with Crippen molar-refractivity contribution < 1.29 is 9.31 Å². The van der Waals surface area contributed by atoms with E-state index in [9.17, 15) is 14.5 Å². The van der Waals surface area contributed by atoms with Gasteiger partial charge in [-0.15, -0.1) is 0 Å². The Morgan fingerprint density at radius 1 is 1.43 bits per heavy atom. The van der Waals surface area contributed by atoms with E-state index >= 15 is 0 Å². The molecule has 0 radical (unpaired) electrons. The molecule has 0 amide bonds. The fourth-order valence-corrected chi connectivity index (χ4v) is 1.80. The zero-order valence-electron chi connectivity index (χ0n) is 11.1. The summed E-state index contributed by atoms with van der Waals surface area (Å²) in [5.41, 5.74) is 0.599. The van der Waals surface area contributed by atoms with Crippen LogP contribution >= 0.6 is 0 Å². The van der Waals surface area contributed by atoms with E-state index in [-0.39, 0.29) is 28.9 Å². The number of aromatic nitrogens is 1. The summed E-state index contributed by atoms with van der Waals surface area (Å²) < 4.78 is 12.9. The SMILES string of the molecule is CC(Nc1ncc(C#N)cc1[N+](=O)[O-])c1ccc(F)cc1. The quantitative estimate of drug-likeness (QED) is 0.688. The molecule has 0 bridgehead atoms. The van der Waals surface area contributed by atoms with Crippen LogP contribution in [0.1, 0.15) is 24.1 Å². The summed E-state index contributed by atoms with van der Waals surface area (Å²) in [6, 6.07) is 8.46. The summed E-state index contributed by atoms with van der Waals surface area (Å²) in [6.45, 7) is 1.77. The molecule has 21 heavy (non-hydrogen) atoms. The van der Waals surface area contributed by atoms with Crippen molar-refractivity contribution in [1.82, 2.24) is 4.98 Å². The van der Waals surface area contributed by atoms with Crippen LogP contribution in [-0.4, -0.2) is 9.91 Å². The number of anilines is 1. The van der Waals surface area contributed by atoms with Gasteiger partial charge in [-0.3, -0.25) is 10.1 Å². The number of nitrogens with zero attached hydrogens (tertiary/aromatic N) is 3. The summed E-state index contributed by atoms with van der Waals surface area (Å²) in [4.78, 5) is 14.3. The number of hydrogen-bond donors (Lipinski definition) is 1. The van der Waals surface area contributed by atoms with Crippen LogP contribution in [0.15, 0.2) is 36.5 Å². The summed E-state index contributed by atoms with van der Waals surface area (Å²) >= 11 is 0. The van der Waals surface area contributed by atoms with E-state index in [1.54, 1.807) is 25.1 Å². The Labute approximate surface area is 120 Å². The number of nitrogens with one attached hydrogen (secondary N) is 1. The van der Waals surface area contributed by atoms with Gasteiger partial charge in [-0.2, -0.15) is 5.26 Å². The lowest BCUT2D eigenvalue weighted by Crippen LogP contribution is -2.10. The van der Waals surface area contributed by atoms with Gasteiger partial charge in [0, 0.05) is 12.3 Å². The largest absolute Gasteiger partial charge is 0.358 e. The number of rotatable bonds is 4. The molecule has 0 aliphatic carbocycles. The van der Waals surface area contributed by atoms with Crippen LogP contribution in [0.3, 0.4) is 0 Å². The van der Waals surface area contributed by atoms with E-state index in [0.717, 1.165) is 11.6 Å². The molecular formula is C14H11FN4O2. The maximum absolute atomic E-state index is 12.9. The van der Waals surface area contributed by atoms with Crippen molar-refractivity contribution >= 4 is 11.5 Å². The molecule has 1 aromatic heterocycles. The molecule has 2 rings (SSSR count). The van der Waals surface area contributed by atoms with Crippen LogP contribution in [0.25, 0.3) is 0 Å². The number of nitro groups is 1. The van der Waals surface area contributed by atoms with Crippen LogP contribution in [0.5, 0.6) is 0 Å². The van der Waals surface area contributed by atoms with Gasteiger partial charge in [0.15, 0.2) is 0 Å². The van der Waals surface area contributed by atoms with Crippen molar-refractivity contribution in [3.8, 4) is 6.07 Å². The molecule has 0 spiro atoms. The van der Waals surface area contributed by atoms with Gasteiger partial charge in [-0.1, -0.05) is 12.1 Å². The molecule has 1 aromatic carbocycles. The molecule has 1 N–H and O–H groups in total. The average molecular weight is 286 g/mol. The Kier molecular flexibility index (Phi) is 4.09. The Bertz CT molecular complexity index is 710. The Morgan fingerprint density at radius 3 is 2.67 bits per heavy atom. The number of pyridine rings is 1. The second-order valence-electron chi connectivity index (χ2n) is 4.38. The van der Waals surface area contributed by atoms with Crippen LogP contribution in [0.4, 0.5) is 15.9 Å². The van der Waals surface area contributed by atoms with Gasteiger partial charge < -0.3 is 5.32 Å². The van der Waals surface area contributed by atoms with Crippen molar-refractivity contribution in [3.63, 3.8) is 0 Å². The normalized spacial score (nSPS) is 11.5. The molecule has 0 saturated carbocycles. The number of hydrogen-bond acceptors (Lipinski definition) is 5. The predicted molar refractivity (Wildman–Crippen MR) is 74.0 cm³/mol. The smallest absolute Gasteiger partial charge is 0.312 e. The first kappa shape index (κ1) is 14.4. The fourth-order valence-electron chi connectivity index (χ4n) is 1.80. The molecule has 7 heteroatoms. The minimum atomic E-state index is -0.604. The van der Waals surface area contributed by atoms with Gasteiger partial charge in [0.1, 0.15) is 11.9 Å². The molecule has 1 heterocycles. The Morgan fingerprint density at radius 2 is 2.10 bits per heavy atom. The highest BCUT2D eigenvalue weighted by molar-refractivity contribution is 5.59. The molecule has 0 aliphatic rings. The topological polar surface area (TPSA) is 91.8 Å². The van der Waals surface area contributed by atoms with Crippen molar-refractivity contribution in [2.75, 3.05) is 5.32 Å². The molecule has 1 atom stereocenters. The van der Waals surface area contributed by atoms with Crippen molar-refractivity contribution in [2.45, 2.75) is 13.0 Å². The molecule has 0 fully saturated rings. The van der Waals surface area contributed by atoms with Gasteiger partial charge in [0.2, 0.25) is 5.82 Å². The maximum atomic E-state index is 12.9. The second-order valence-corrected chi connectivity index (χ2v) is 4.38. The molecule has 1 unspecified atom stereocenters. The highest BCUT2D eigenvalue weighted by atomic mass is 19.1. The molecule has 2 aromatic rings. The molecule has 106 valence electrons. The first-order valence-electron chi connectivity index (χ1n) is 6.08. The summed E-state index contributed by atoms with van der Waals surface area (Å²) in [7, 11) is 0.